The Morgan fingerprint density at radius 1 is 0.500 bits per heavy atom. The van der Waals surface area contributed by atoms with Crippen molar-refractivity contribution in [3.63, 3.8) is 0 Å². The maximum absolute atomic E-state index is 4.70. The predicted octanol–water partition coefficient (Wildman–Crippen LogP) is 4.27. The van der Waals surface area contributed by atoms with Gasteiger partial charge < -0.3 is 0 Å². The molecule has 4 heteroatoms. The molecule has 0 fully saturated rings. The Morgan fingerprint density at radius 3 is 1.54 bits per heavy atom. The average Bonchev–Trinajstić information content (AvgIpc) is 2.70. The predicted molar refractivity (Wildman–Crippen MR) is 93.9 cm³/mol. The lowest BCUT2D eigenvalue weighted by Crippen LogP contribution is -1.97. The van der Waals surface area contributed by atoms with Gasteiger partial charge in [0.05, 0.1) is 22.8 Å². The van der Waals surface area contributed by atoms with Crippen molar-refractivity contribution in [2.75, 3.05) is 0 Å². The zero-order chi connectivity index (χ0) is 16.2. The Bertz CT molecular complexity index is 799. The molecule has 4 nitrogen and oxygen atoms in total. The summed E-state index contributed by atoms with van der Waals surface area (Å²) >= 11 is 0. The van der Waals surface area contributed by atoms with E-state index < -0.39 is 0 Å². The molecule has 0 unspecified atom stereocenters. The van der Waals surface area contributed by atoms with Gasteiger partial charge in [0, 0.05) is 18.0 Å². The van der Waals surface area contributed by atoms with Crippen LogP contribution in [0, 0.1) is 0 Å². The summed E-state index contributed by atoms with van der Waals surface area (Å²) in [6.07, 6.45) is 3.53. The van der Waals surface area contributed by atoms with Crippen molar-refractivity contribution >= 4 is 0 Å². The average molecular weight is 310 g/mol. The zero-order valence-electron chi connectivity index (χ0n) is 12.9. The number of pyridine rings is 2. The van der Waals surface area contributed by atoms with Crippen LogP contribution in [0.15, 0.2) is 85.2 Å². The summed E-state index contributed by atoms with van der Waals surface area (Å²) in [5.41, 5.74) is 4.16. The highest BCUT2D eigenvalue weighted by atomic mass is 14.9. The van der Waals surface area contributed by atoms with E-state index in [9.17, 15) is 0 Å². The summed E-state index contributed by atoms with van der Waals surface area (Å²) in [6.45, 7) is 0. The molecule has 0 aliphatic carbocycles. The fourth-order valence-corrected chi connectivity index (χ4v) is 2.45. The lowest BCUT2D eigenvalue weighted by Gasteiger charge is -2.08. The highest BCUT2D eigenvalue weighted by Gasteiger charge is 2.11. The SMILES string of the molecule is c1ccc(-c2nc(-c3ccccn3)cc(-c3ccccn3)n2)cc1. The van der Waals surface area contributed by atoms with Gasteiger partial charge >= 0.3 is 0 Å². The first-order valence-electron chi connectivity index (χ1n) is 7.67. The highest BCUT2D eigenvalue weighted by molar-refractivity contribution is 5.68. The summed E-state index contributed by atoms with van der Waals surface area (Å²) < 4.78 is 0. The first-order valence-corrected chi connectivity index (χ1v) is 7.67. The Labute approximate surface area is 139 Å². The van der Waals surface area contributed by atoms with Gasteiger partial charge in [0.2, 0.25) is 0 Å². The van der Waals surface area contributed by atoms with E-state index >= 15 is 0 Å². The number of aromatic nitrogens is 4. The molecule has 0 radical (unpaired) electrons. The van der Waals surface area contributed by atoms with E-state index in [1.807, 2.05) is 72.8 Å². The van der Waals surface area contributed by atoms with Crippen molar-refractivity contribution in [1.82, 2.24) is 19.9 Å². The second-order valence-electron chi connectivity index (χ2n) is 5.26. The van der Waals surface area contributed by atoms with Crippen molar-refractivity contribution in [2.24, 2.45) is 0 Å². The smallest absolute Gasteiger partial charge is 0.160 e. The van der Waals surface area contributed by atoms with Crippen molar-refractivity contribution in [2.45, 2.75) is 0 Å². The third-order valence-electron chi connectivity index (χ3n) is 3.61. The Hall–Kier alpha value is -3.40. The van der Waals surface area contributed by atoms with E-state index in [4.69, 9.17) is 9.97 Å². The minimum atomic E-state index is 0.666. The van der Waals surface area contributed by atoms with E-state index in [1.54, 1.807) is 12.4 Å². The Kier molecular flexibility index (Phi) is 3.78. The molecule has 0 bridgehead atoms. The van der Waals surface area contributed by atoms with Gasteiger partial charge in [0.15, 0.2) is 5.82 Å². The van der Waals surface area contributed by atoms with Gasteiger partial charge in [-0.3, -0.25) is 9.97 Å². The van der Waals surface area contributed by atoms with Gasteiger partial charge in [-0.15, -0.1) is 0 Å². The summed E-state index contributed by atoms with van der Waals surface area (Å²) in [6, 6.07) is 23.4. The number of nitrogens with zero attached hydrogens (tertiary/aromatic N) is 4. The molecule has 1 aromatic carbocycles. The van der Waals surface area contributed by atoms with E-state index in [1.165, 1.54) is 0 Å². The Balaban J connectivity index is 1.92. The van der Waals surface area contributed by atoms with Gasteiger partial charge in [-0.2, -0.15) is 0 Å². The van der Waals surface area contributed by atoms with Gasteiger partial charge in [0.25, 0.3) is 0 Å². The monoisotopic (exact) mass is 310 g/mol. The molecule has 3 aromatic heterocycles. The summed E-state index contributed by atoms with van der Waals surface area (Å²) in [7, 11) is 0. The fourth-order valence-electron chi connectivity index (χ4n) is 2.45. The fraction of sp³-hybridized carbons (Fsp3) is 0. The number of hydrogen-bond donors (Lipinski definition) is 0. The first-order chi connectivity index (χ1) is 11.9. The largest absolute Gasteiger partial charge is 0.255 e. The third-order valence-corrected chi connectivity index (χ3v) is 3.61. The van der Waals surface area contributed by atoms with Crippen LogP contribution in [0.1, 0.15) is 0 Å². The number of benzene rings is 1. The molecule has 0 N–H and O–H groups in total. The number of rotatable bonds is 3. The molecule has 4 aromatic rings. The highest BCUT2D eigenvalue weighted by Crippen LogP contribution is 2.25. The van der Waals surface area contributed by atoms with Crippen LogP contribution in [0.2, 0.25) is 0 Å². The molecule has 0 aliphatic rings. The zero-order valence-corrected chi connectivity index (χ0v) is 12.9. The molecule has 3 heterocycles. The minimum Gasteiger partial charge on any atom is -0.255 e. The van der Waals surface area contributed by atoms with Gasteiger partial charge in [0.1, 0.15) is 0 Å². The van der Waals surface area contributed by atoms with Crippen molar-refractivity contribution in [1.29, 1.82) is 0 Å². The van der Waals surface area contributed by atoms with Gasteiger partial charge in [-0.05, 0) is 30.3 Å². The molecule has 0 amide bonds. The quantitative estimate of drug-likeness (QED) is 0.567. The topological polar surface area (TPSA) is 51.6 Å². The summed E-state index contributed by atoms with van der Waals surface area (Å²) in [5.74, 6) is 0.666. The van der Waals surface area contributed by atoms with Crippen LogP contribution in [0.3, 0.4) is 0 Å². The van der Waals surface area contributed by atoms with Crippen LogP contribution in [-0.4, -0.2) is 19.9 Å². The van der Waals surface area contributed by atoms with Gasteiger partial charge in [-0.25, -0.2) is 9.97 Å². The first kappa shape index (κ1) is 14.2. The second-order valence-corrected chi connectivity index (χ2v) is 5.26. The van der Waals surface area contributed by atoms with Crippen LogP contribution < -0.4 is 0 Å². The molecule has 0 atom stereocenters. The second kappa shape index (κ2) is 6.38. The minimum absolute atomic E-state index is 0.666. The van der Waals surface area contributed by atoms with Crippen molar-refractivity contribution < 1.29 is 0 Å². The van der Waals surface area contributed by atoms with Crippen LogP contribution in [0.25, 0.3) is 34.2 Å². The molecule has 0 saturated heterocycles. The van der Waals surface area contributed by atoms with E-state index in [-0.39, 0.29) is 0 Å². The normalized spacial score (nSPS) is 10.5. The van der Waals surface area contributed by atoms with E-state index in [0.29, 0.717) is 5.82 Å². The van der Waals surface area contributed by atoms with E-state index in [2.05, 4.69) is 9.97 Å². The number of hydrogen-bond acceptors (Lipinski definition) is 4. The molecule has 0 aliphatic heterocycles. The third kappa shape index (κ3) is 2.90. The van der Waals surface area contributed by atoms with Gasteiger partial charge in [-0.1, -0.05) is 42.5 Å². The van der Waals surface area contributed by atoms with Crippen molar-refractivity contribution in [3.8, 4) is 34.2 Å². The molecule has 114 valence electrons. The van der Waals surface area contributed by atoms with E-state index in [0.717, 1.165) is 28.3 Å². The van der Waals surface area contributed by atoms with Crippen molar-refractivity contribution in [3.05, 3.63) is 85.2 Å². The molecule has 4 rings (SSSR count). The standard InChI is InChI=1S/C20H14N4/c1-2-8-15(9-3-1)20-23-18(16-10-4-6-12-21-16)14-19(24-20)17-11-5-7-13-22-17/h1-14H. The molecule has 0 saturated carbocycles. The maximum atomic E-state index is 4.70. The molecule has 0 spiro atoms. The summed E-state index contributed by atoms with van der Waals surface area (Å²) in [4.78, 5) is 18.2. The van der Waals surface area contributed by atoms with Crippen LogP contribution >= 0.6 is 0 Å². The molecular weight excluding hydrogens is 296 g/mol. The van der Waals surface area contributed by atoms with Crippen LogP contribution in [0.5, 0.6) is 0 Å². The Morgan fingerprint density at radius 2 is 1.04 bits per heavy atom. The van der Waals surface area contributed by atoms with Crippen LogP contribution in [0.4, 0.5) is 0 Å². The van der Waals surface area contributed by atoms with Crippen LogP contribution in [-0.2, 0) is 0 Å². The lowest BCUT2D eigenvalue weighted by atomic mass is 10.1. The molecule has 24 heavy (non-hydrogen) atoms. The molecular formula is C20H14N4. The summed E-state index contributed by atoms with van der Waals surface area (Å²) in [5, 5.41) is 0. The lowest BCUT2D eigenvalue weighted by molar-refractivity contribution is 1.15. The maximum Gasteiger partial charge on any atom is 0.160 e.